The van der Waals surface area contributed by atoms with Crippen LogP contribution in [0.5, 0.6) is 0 Å². The van der Waals surface area contributed by atoms with Gasteiger partial charge in [-0.15, -0.1) is 5.10 Å². The fourth-order valence-electron chi connectivity index (χ4n) is 1.47. The first-order valence-corrected chi connectivity index (χ1v) is 5.73. The summed E-state index contributed by atoms with van der Waals surface area (Å²) in [6, 6.07) is 4.98. The van der Waals surface area contributed by atoms with Gasteiger partial charge < -0.3 is 10.5 Å². The largest absolute Gasteiger partial charge is 0.460 e. The topological polar surface area (TPSA) is 100 Å². The number of halogens is 1. The van der Waals surface area contributed by atoms with E-state index in [-0.39, 0.29) is 18.1 Å². The van der Waals surface area contributed by atoms with Gasteiger partial charge in [0.25, 0.3) is 5.82 Å². The summed E-state index contributed by atoms with van der Waals surface area (Å²) in [6.07, 6.45) is 0. The lowest BCUT2D eigenvalue weighted by atomic mass is 10.3. The number of hydrogen-bond acceptors (Lipinski definition) is 6. The van der Waals surface area contributed by atoms with Gasteiger partial charge >= 0.3 is 11.5 Å². The number of nitrogen functional groups attached to an aromatic ring is 1. The van der Waals surface area contributed by atoms with Gasteiger partial charge in [0.2, 0.25) is 0 Å². The minimum atomic E-state index is -0.796. The monoisotopic (exact) mass is 278 g/mol. The van der Waals surface area contributed by atoms with E-state index in [4.69, 9.17) is 10.5 Å². The van der Waals surface area contributed by atoms with E-state index in [1.807, 2.05) is 0 Å². The van der Waals surface area contributed by atoms with Gasteiger partial charge in [0.1, 0.15) is 5.82 Å². The van der Waals surface area contributed by atoms with Gasteiger partial charge in [0.05, 0.1) is 12.3 Å². The zero-order valence-electron chi connectivity index (χ0n) is 10.5. The van der Waals surface area contributed by atoms with Gasteiger partial charge in [-0.1, -0.05) is 0 Å². The van der Waals surface area contributed by atoms with Gasteiger partial charge in [-0.05, 0) is 31.2 Å². The van der Waals surface area contributed by atoms with Gasteiger partial charge in [-0.2, -0.15) is 9.67 Å². The highest BCUT2D eigenvalue weighted by Gasteiger charge is 2.16. The van der Waals surface area contributed by atoms with Crippen molar-refractivity contribution in [1.82, 2.24) is 14.8 Å². The lowest BCUT2D eigenvalue weighted by molar-refractivity contribution is 0.0509. The minimum Gasteiger partial charge on any atom is -0.460 e. The summed E-state index contributed by atoms with van der Waals surface area (Å²) in [7, 11) is 0. The van der Waals surface area contributed by atoms with Crippen LogP contribution >= 0.6 is 0 Å². The molecule has 0 aliphatic rings. The third-order valence-electron chi connectivity index (χ3n) is 2.36. The molecule has 0 aliphatic carbocycles. The molecule has 20 heavy (non-hydrogen) atoms. The second kappa shape index (κ2) is 5.47. The van der Waals surface area contributed by atoms with Crippen LogP contribution in [0.1, 0.15) is 17.5 Å². The van der Waals surface area contributed by atoms with Gasteiger partial charge in [-0.3, -0.25) is 4.79 Å². The van der Waals surface area contributed by atoms with Crippen LogP contribution in [-0.2, 0) is 4.74 Å². The van der Waals surface area contributed by atoms with Gasteiger partial charge in [-0.25, -0.2) is 9.18 Å². The molecule has 0 unspecified atom stereocenters. The molecule has 0 amide bonds. The summed E-state index contributed by atoms with van der Waals surface area (Å²) in [5, 5.41) is 3.77. The Morgan fingerprint density at radius 2 is 2.05 bits per heavy atom. The molecule has 0 atom stereocenters. The molecule has 2 aromatic rings. The molecule has 1 aromatic heterocycles. The molecule has 0 spiro atoms. The molecule has 1 heterocycles. The van der Waals surface area contributed by atoms with Crippen LogP contribution in [0.25, 0.3) is 5.69 Å². The van der Waals surface area contributed by atoms with E-state index in [2.05, 4.69) is 10.1 Å². The van der Waals surface area contributed by atoms with Gasteiger partial charge in [0, 0.05) is 0 Å². The Hall–Kier alpha value is -2.77. The Balaban J connectivity index is 2.55. The molecule has 8 heteroatoms. The average Bonchev–Trinajstić information content (AvgIpc) is 2.43. The number of nitrogens with two attached hydrogens (primary N) is 1. The molecule has 2 rings (SSSR count). The van der Waals surface area contributed by atoms with Crippen molar-refractivity contribution in [2.45, 2.75) is 6.92 Å². The number of esters is 1. The van der Waals surface area contributed by atoms with Crippen molar-refractivity contribution in [3.05, 3.63) is 46.3 Å². The fraction of sp³-hybridized carbons (Fsp3) is 0.167. The summed E-state index contributed by atoms with van der Waals surface area (Å²) >= 11 is 0. The maximum atomic E-state index is 12.9. The molecular weight excluding hydrogens is 267 g/mol. The summed E-state index contributed by atoms with van der Waals surface area (Å²) in [5.74, 6) is -2.00. The first-order chi connectivity index (χ1) is 9.52. The summed E-state index contributed by atoms with van der Waals surface area (Å²) in [5.41, 5.74) is 5.01. The molecule has 0 radical (unpaired) electrons. The van der Waals surface area contributed by atoms with Crippen LogP contribution in [0.2, 0.25) is 0 Å². The predicted molar refractivity (Wildman–Crippen MR) is 68.0 cm³/mol. The normalized spacial score (nSPS) is 10.3. The highest BCUT2D eigenvalue weighted by atomic mass is 19.1. The second-order valence-corrected chi connectivity index (χ2v) is 3.73. The first kappa shape index (κ1) is 13.7. The number of aromatic nitrogens is 3. The van der Waals surface area contributed by atoms with E-state index in [9.17, 15) is 14.0 Å². The molecule has 104 valence electrons. The molecule has 0 saturated heterocycles. The third-order valence-corrected chi connectivity index (χ3v) is 2.36. The van der Waals surface area contributed by atoms with Crippen molar-refractivity contribution in [2.75, 3.05) is 12.3 Å². The Labute approximate surface area is 112 Å². The van der Waals surface area contributed by atoms with E-state index in [0.29, 0.717) is 0 Å². The van der Waals surface area contributed by atoms with E-state index >= 15 is 0 Å². The molecule has 1 aromatic carbocycles. The maximum absolute atomic E-state index is 12.9. The Kier molecular flexibility index (Phi) is 3.74. The van der Waals surface area contributed by atoms with Crippen molar-refractivity contribution in [3.63, 3.8) is 0 Å². The standard InChI is InChI=1S/C12H11FN4O3/c1-2-20-12(19)10-15-9(14)11(18)17(16-10)8-5-3-7(13)4-6-8/h3-6H,2H2,1H3,(H2,14,15,16). The van der Waals surface area contributed by atoms with Crippen molar-refractivity contribution >= 4 is 11.8 Å². The van der Waals surface area contributed by atoms with Crippen molar-refractivity contribution in [2.24, 2.45) is 0 Å². The van der Waals surface area contributed by atoms with Gasteiger partial charge in [0.15, 0.2) is 5.82 Å². The molecule has 0 saturated carbocycles. The fourth-order valence-corrected chi connectivity index (χ4v) is 1.47. The number of ether oxygens (including phenoxy) is 1. The summed E-state index contributed by atoms with van der Waals surface area (Å²) in [6.45, 7) is 1.76. The van der Waals surface area contributed by atoms with E-state index in [1.165, 1.54) is 12.1 Å². The number of carbonyl (C=O) groups excluding carboxylic acids is 1. The number of nitrogens with zero attached hydrogens (tertiary/aromatic N) is 3. The van der Waals surface area contributed by atoms with Crippen LogP contribution in [0.15, 0.2) is 29.1 Å². The average molecular weight is 278 g/mol. The third kappa shape index (κ3) is 2.63. The van der Waals surface area contributed by atoms with E-state index < -0.39 is 23.2 Å². The van der Waals surface area contributed by atoms with Crippen LogP contribution in [0, 0.1) is 5.82 Å². The lowest BCUT2D eigenvalue weighted by Gasteiger charge is -2.07. The zero-order chi connectivity index (χ0) is 14.7. The smallest absolute Gasteiger partial charge is 0.378 e. The molecule has 7 nitrogen and oxygen atoms in total. The second-order valence-electron chi connectivity index (χ2n) is 3.73. The van der Waals surface area contributed by atoms with Crippen molar-refractivity contribution in [1.29, 1.82) is 0 Å². The van der Waals surface area contributed by atoms with Crippen molar-refractivity contribution in [3.8, 4) is 5.69 Å². The Morgan fingerprint density at radius 3 is 2.65 bits per heavy atom. The molecule has 0 fully saturated rings. The Bertz CT molecular complexity index is 697. The highest BCUT2D eigenvalue weighted by Crippen LogP contribution is 2.06. The van der Waals surface area contributed by atoms with E-state index in [1.54, 1.807) is 6.92 Å². The van der Waals surface area contributed by atoms with Crippen LogP contribution in [0.4, 0.5) is 10.2 Å². The first-order valence-electron chi connectivity index (χ1n) is 5.73. The van der Waals surface area contributed by atoms with Crippen LogP contribution in [-0.4, -0.2) is 27.3 Å². The highest BCUT2D eigenvalue weighted by molar-refractivity contribution is 5.85. The summed E-state index contributed by atoms with van der Waals surface area (Å²) in [4.78, 5) is 27.0. The Morgan fingerprint density at radius 1 is 1.40 bits per heavy atom. The zero-order valence-corrected chi connectivity index (χ0v) is 10.5. The number of hydrogen-bond donors (Lipinski definition) is 1. The quantitative estimate of drug-likeness (QED) is 0.822. The molecular formula is C12H11FN4O3. The minimum absolute atomic E-state index is 0.137. The molecule has 2 N–H and O–H groups in total. The van der Waals surface area contributed by atoms with Crippen molar-refractivity contribution < 1.29 is 13.9 Å². The predicted octanol–water partition coefficient (Wildman–Crippen LogP) is 0.526. The SMILES string of the molecule is CCOC(=O)c1nc(N)c(=O)n(-c2ccc(F)cc2)n1. The van der Waals surface area contributed by atoms with Crippen LogP contribution < -0.4 is 11.3 Å². The van der Waals surface area contributed by atoms with Crippen LogP contribution in [0.3, 0.4) is 0 Å². The number of anilines is 1. The maximum Gasteiger partial charge on any atom is 0.378 e. The lowest BCUT2D eigenvalue weighted by Crippen LogP contribution is -2.29. The van der Waals surface area contributed by atoms with E-state index in [0.717, 1.165) is 16.8 Å². The molecule has 0 aliphatic heterocycles. The number of rotatable bonds is 3. The molecule has 0 bridgehead atoms. The number of benzene rings is 1. The number of carbonyl (C=O) groups is 1. The summed E-state index contributed by atoms with van der Waals surface area (Å²) < 4.78 is 18.5.